The number of nitriles is 2. The number of nitrogens with two attached hydrogens (primary N) is 1. The fourth-order valence-corrected chi connectivity index (χ4v) is 2.50. The molecule has 0 spiro atoms. The molecule has 0 fully saturated rings. The lowest BCUT2D eigenvalue weighted by Crippen LogP contribution is -2.39. The number of amides is 1. The minimum atomic E-state index is -1.72. The molecule has 1 atom stereocenters. The molecule has 5 nitrogen and oxygen atoms in total. The molecule has 2 N–H and O–H groups in total. The number of ketones is 1. The van der Waals surface area contributed by atoms with Gasteiger partial charge in [-0.25, -0.2) is 0 Å². The molecule has 0 bridgehead atoms. The minimum absolute atomic E-state index is 0.00190. The van der Waals surface area contributed by atoms with Gasteiger partial charge in [0.15, 0.2) is 11.2 Å². The lowest BCUT2D eigenvalue weighted by atomic mass is 9.64. The first-order chi connectivity index (χ1) is 9.55. The Balaban J connectivity index is 2.67. The van der Waals surface area contributed by atoms with Crippen LogP contribution in [-0.2, 0) is 9.59 Å². The van der Waals surface area contributed by atoms with Crippen LogP contribution in [0, 0.1) is 28.1 Å². The van der Waals surface area contributed by atoms with E-state index in [1.54, 1.807) is 30.3 Å². The first-order valence-corrected chi connectivity index (χ1v) is 5.97. The van der Waals surface area contributed by atoms with Gasteiger partial charge in [-0.05, 0) is 11.6 Å². The summed E-state index contributed by atoms with van der Waals surface area (Å²) in [6, 6.07) is 12.5. The van der Waals surface area contributed by atoms with Gasteiger partial charge in [-0.2, -0.15) is 10.5 Å². The number of allylic oxidation sites excluding steroid dienone is 1. The van der Waals surface area contributed by atoms with E-state index in [2.05, 4.69) is 0 Å². The SMILES string of the molecule is N#CC1(C#N)C(C(N)=O)=CC(=O)CC1c1ccccc1. The topological polar surface area (TPSA) is 108 Å². The third-order valence-corrected chi connectivity index (χ3v) is 3.48. The molecular formula is C15H11N3O2. The fraction of sp³-hybridized carbons (Fsp3) is 0.200. The van der Waals surface area contributed by atoms with Gasteiger partial charge in [0, 0.05) is 12.3 Å². The minimum Gasteiger partial charge on any atom is -0.366 e. The van der Waals surface area contributed by atoms with E-state index in [4.69, 9.17) is 5.73 Å². The Bertz CT molecular complexity index is 663. The van der Waals surface area contributed by atoms with Crippen molar-refractivity contribution in [1.29, 1.82) is 10.5 Å². The van der Waals surface area contributed by atoms with Crippen LogP contribution in [0.5, 0.6) is 0 Å². The molecule has 1 aromatic rings. The van der Waals surface area contributed by atoms with Gasteiger partial charge in [0.25, 0.3) is 0 Å². The molecule has 1 aliphatic carbocycles. The highest BCUT2D eigenvalue weighted by Crippen LogP contribution is 2.46. The zero-order valence-corrected chi connectivity index (χ0v) is 10.5. The number of hydrogen-bond donors (Lipinski definition) is 1. The van der Waals surface area contributed by atoms with Crippen molar-refractivity contribution in [3.05, 3.63) is 47.5 Å². The molecule has 2 rings (SSSR count). The summed E-state index contributed by atoms with van der Waals surface area (Å²) in [4.78, 5) is 23.3. The maximum Gasteiger partial charge on any atom is 0.247 e. The van der Waals surface area contributed by atoms with Crippen LogP contribution in [-0.4, -0.2) is 11.7 Å². The first-order valence-electron chi connectivity index (χ1n) is 5.97. The Morgan fingerprint density at radius 2 is 1.85 bits per heavy atom. The Morgan fingerprint density at radius 1 is 1.25 bits per heavy atom. The molecule has 5 heteroatoms. The highest BCUT2D eigenvalue weighted by molar-refractivity contribution is 6.05. The number of rotatable bonds is 2. The Morgan fingerprint density at radius 3 is 2.35 bits per heavy atom. The number of nitrogens with zero attached hydrogens (tertiary/aromatic N) is 2. The van der Waals surface area contributed by atoms with Crippen molar-refractivity contribution in [3.8, 4) is 12.1 Å². The van der Waals surface area contributed by atoms with Crippen molar-refractivity contribution >= 4 is 11.7 Å². The number of carbonyl (C=O) groups excluding carboxylic acids is 2. The van der Waals surface area contributed by atoms with E-state index in [0.717, 1.165) is 6.08 Å². The van der Waals surface area contributed by atoms with Crippen molar-refractivity contribution < 1.29 is 9.59 Å². The summed E-state index contributed by atoms with van der Waals surface area (Å²) in [5.41, 5.74) is 3.95. The standard InChI is InChI=1S/C15H11N3O2/c16-8-15(9-17)12(10-4-2-1-3-5-10)6-11(19)7-13(15)14(18)20/h1-5,7,12H,6H2,(H2,18,20). The van der Waals surface area contributed by atoms with Crippen LogP contribution in [0.15, 0.2) is 42.0 Å². The van der Waals surface area contributed by atoms with E-state index in [9.17, 15) is 20.1 Å². The zero-order chi connectivity index (χ0) is 14.8. The van der Waals surface area contributed by atoms with Crippen molar-refractivity contribution in [2.45, 2.75) is 12.3 Å². The number of carbonyl (C=O) groups is 2. The third kappa shape index (κ3) is 1.96. The molecule has 98 valence electrons. The second-order valence-electron chi connectivity index (χ2n) is 4.59. The van der Waals surface area contributed by atoms with E-state index in [0.29, 0.717) is 5.56 Å². The highest BCUT2D eigenvalue weighted by atomic mass is 16.1. The quantitative estimate of drug-likeness (QED) is 0.866. The van der Waals surface area contributed by atoms with Gasteiger partial charge >= 0.3 is 0 Å². The van der Waals surface area contributed by atoms with E-state index in [1.165, 1.54) is 0 Å². The zero-order valence-electron chi connectivity index (χ0n) is 10.5. The molecule has 1 amide bonds. The van der Waals surface area contributed by atoms with Gasteiger partial charge in [-0.3, -0.25) is 9.59 Å². The molecule has 1 unspecified atom stereocenters. The van der Waals surface area contributed by atoms with Crippen LogP contribution < -0.4 is 5.73 Å². The maximum atomic E-state index is 11.8. The Hall–Kier alpha value is -2.92. The van der Waals surface area contributed by atoms with E-state index >= 15 is 0 Å². The van der Waals surface area contributed by atoms with Crippen LogP contribution in [0.25, 0.3) is 0 Å². The Labute approximate surface area is 115 Å². The normalized spacial score (nSPS) is 20.4. The van der Waals surface area contributed by atoms with Crippen molar-refractivity contribution in [2.24, 2.45) is 11.1 Å². The molecule has 20 heavy (non-hydrogen) atoms. The summed E-state index contributed by atoms with van der Waals surface area (Å²) in [6.45, 7) is 0. The summed E-state index contributed by atoms with van der Waals surface area (Å²) < 4.78 is 0. The van der Waals surface area contributed by atoms with Crippen LogP contribution in [0.2, 0.25) is 0 Å². The van der Waals surface area contributed by atoms with Gasteiger partial charge in [0.05, 0.1) is 17.7 Å². The molecule has 0 saturated heterocycles. The highest BCUT2D eigenvalue weighted by Gasteiger charge is 2.49. The largest absolute Gasteiger partial charge is 0.366 e. The average molecular weight is 265 g/mol. The molecular weight excluding hydrogens is 254 g/mol. The summed E-state index contributed by atoms with van der Waals surface area (Å²) in [5, 5.41) is 18.9. The van der Waals surface area contributed by atoms with Crippen LogP contribution in [0.4, 0.5) is 0 Å². The maximum absolute atomic E-state index is 11.8. The third-order valence-electron chi connectivity index (χ3n) is 3.48. The van der Waals surface area contributed by atoms with Gasteiger partial charge in [0.1, 0.15) is 0 Å². The van der Waals surface area contributed by atoms with Crippen LogP contribution >= 0.6 is 0 Å². The molecule has 1 aliphatic rings. The smallest absolute Gasteiger partial charge is 0.247 e. The number of primary amides is 1. The lowest BCUT2D eigenvalue weighted by Gasteiger charge is -2.32. The molecule has 0 aromatic heterocycles. The van der Waals surface area contributed by atoms with E-state index < -0.39 is 17.2 Å². The first kappa shape index (κ1) is 13.5. The van der Waals surface area contributed by atoms with Crippen molar-refractivity contribution in [1.82, 2.24) is 0 Å². The van der Waals surface area contributed by atoms with Gasteiger partial charge in [0.2, 0.25) is 5.91 Å². The molecule has 0 aliphatic heterocycles. The van der Waals surface area contributed by atoms with Gasteiger partial charge in [-0.1, -0.05) is 30.3 Å². The van der Waals surface area contributed by atoms with E-state index in [1.807, 2.05) is 12.1 Å². The number of hydrogen-bond acceptors (Lipinski definition) is 4. The van der Waals surface area contributed by atoms with Gasteiger partial charge < -0.3 is 5.73 Å². The van der Waals surface area contributed by atoms with Crippen molar-refractivity contribution in [2.75, 3.05) is 0 Å². The van der Waals surface area contributed by atoms with Crippen molar-refractivity contribution in [3.63, 3.8) is 0 Å². The van der Waals surface area contributed by atoms with Gasteiger partial charge in [-0.15, -0.1) is 0 Å². The molecule has 0 radical (unpaired) electrons. The summed E-state index contributed by atoms with van der Waals surface area (Å²) in [5.74, 6) is -1.92. The second kappa shape index (κ2) is 4.99. The summed E-state index contributed by atoms with van der Waals surface area (Å²) >= 11 is 0. The molecule has 1 aromatic carbocycles. The molecule has 0 heterocycles. The monoisotopic (exact) mass is 265 g/mol. The predicted octanol–water partition coefficient (Wildman–Crippen LogP) is 1.19. The van der Waals surface area contributed by atoms with E-state index in [-0.39, 0.29) is 17.8 Å². The predicted molar refractivity (Wildman–Crippen MR) is 69.7 cm³/mol. The summed E-state index contributed by atoms with van der Waals surface area (Å²) in [7, 11) is 0. The van der Waals surface area contributed by atoms with Crippen LogP contribution in [0.3, 0.4) is 0 Å². The van der Waals surface area contributed by atoms with Crippen LogP contribution in [0.1, 0.15) is 17.9 Å². The average Bonchev–Trinajstić information content (AvgIpc) is 2.47. The second-order valence-corrected chi connectivity index (χ2v) is 4.59. The Kier molecular flexibility index (Phi) is 3.37. The fourth-order valence-electron chi connectivity index (χ4n) is 2.50. The summed E-state index contributed by atoms with van der Waals surface area (Å²) in [6.07, 6.45) is 1.02. The lowest BCUT2D eigenvalue weighted by molar-refractivity contribution is -0.119. The number of benzene rings is 1. The molecule has 0 saturated carbocycles.